The third-order valence-corrected chi connectivity index (χ3v) is 6.57. The van der Waals surface area contributed by atoms with Gasteiger partial charge in [0, 0.05) is 17.2 Å². The Hall–Kier alpha value is -3.27. The van der Waals surface area contributed by atoms with Crippen molar-refractivity contribution >= 4 is 6.08 Å². The minimum atomic E-state index is -0.778. The Kier molecular flexibility index (Phi) is 7.56. The quantitative estimate of drug-likeness (QED) is 0.319. The SMILES string of the molecule is C=CCOc1ccc(/C=C/C2CCC(c3ccc(-c4ccc(C)cc4)c(F)c3F)CC2)c(F)c1. The Labute approximate surface area is 199 Å². The first kappa shape index (κ1) is 23.9. The standard InChI is InChI=1S/C30H29F3O/c1-3-18-34-25-15-14-24(28(31)19-25)13-8-21-6-11-23(12-7-21)27-17-16-26(29(32)30(27)33)22-9-4-20(2)5-10-22/h3-5,8-10,13-17,19,21,23H,1,6-7,11-12,18H2,2H3/b13-8+. The lowest BCUT2D eigenvalue weighted by Crippen LogP contribution is -2.13. The monoisotopic (exact) mass is 462 g/mol. The molecule has 0 atom stereocenters. The lowest BCUT2D eigenvalue weighted by atomic mass is 9.78. The van der Waals surface area contributed by atoms with E-state index < -0.39 is 11.6 Å². The normalized spacial score (nSPS) is 18.2. The molecule has 3 aromatic rings. The Bertz CT molecular complexity index is 1170. The number of rotatable bonds is 7. The van der Waals surface area contributed by atoms with Crippen LogP contribution >= 0.6 is 0 Å². The molecule has 0 aromatic heterocycles. The molecule has 0 amide bonds. The van der Waals surface area contributed by atoms with E-state index in [9.17, 15) is 13.2 Å². The number of hydrogen-bond acceptors (Lipinski definition) is 1. The van der Waals surface area contributed by atoms with Crippen LogP contribution in [0.2, 0.25) is 0 Å². The highest BCUT2D eigenvalue weighted by atomic mass is 19.2. The first-order valence-corrected chi connectivity index (χ1v) is 11.7. The van der Waals surface area contributed by atoms with Crippen LogP contribution in [0.3, 0.4) is 0 Å². The summed E-state index contributed by atoms with van der Waals surface area (Å²) in [6.45, 7) is 5.87. The van der Waals surface area contributed by atoms with E-state index >= 15 is 0 Å². The smallest absolute Gasteiger partial charge is 0.166 e. The minimum absolute atomic E-state index is 0.00996. The second-order valence-corrected chi connectivity index (χ2v) is 8.95. The van der Waals surface area contributed by atoms with Crippen molar-refractivity contribution in [3.8, 4) is 16.9 Å². The van der Waals surface area contributed by atoms with Crippen LogP contribution in [0.5, 0.6) is 5.75 Å². The van der Waals surface area contributed by atoms with E-state index in [4.69, 9.17) is 4.74 Å². The van der Waals surface area contributed by atoms with Gasteiger partial charge in [-0.05, 0) is 67.7 Å². The predicted octanol–water partition coefficient (Wildman–Crippen LogP) is 8.63. The summed E-state index contributed by atoms with van der Waals surface area (Å²) < 4.78 is 49.6. The minimum Gasteiger partial charge on any atom is -0.489 e. The van der Waals surface area contributed by atoms with Gasteiger partial charge < -0.3 is 4.74 Å². The zero-order valence-electron chi connectivity index (χ0n) is 19.4. The van der Waals surface area contributed by atoms with E-state index in [-0.39, 0.29) is 17.7 Å². The Balaban J connectivity index is 1.39. The van der Waals surface area contributed by atoms with Gasteiger partial charge in [-0.15, -0.1) is 0 Å². The van der Waals surface area contributed by atoms with E-state index in [1.165, 1.54) is 6.07 Å². The van der Waals surface area contributed by atoms with Crippen molar-refractivity contribution in [2.45, 2.75) is 38.5 Å². The fourth-order valence-corrected chi connectivity index (χ4v) is 4.59. The maximum Gasteiger partial charge on any atom is 0.166 e. The molecule has 0 radical (unpaired) electrons. The van der Waals surface area contributed by atoms with Crippen molar-refractivity contribution in [2.24, 2.45) is 5.92 Å². The molecule has 176 valence electrons. The summed E-state index contributed by atoms with van der Waals surface area (Å²) in [5, 5.41) is 0. The second-order valence-electron chi connectivity index (χ2n) is 8.95. The van der Waals surface area contributed by atoms with E-state index in [0.29, 0.717) is 34.6 Å². The van der Waals surface area contributed by atoms with Crippen LogP contribution in [-0.2, 0) is 0 Å². The van der Waals surface area contributed by atoms with Crippen molar-refractivity contribution in [1.82, 2.24) is 0 Å². The molecule has 34 heavy (non-hydrogen) atoms. The van der Waals surface area contributed by atoms with Crippen LogP contribution in [0.25, 0.3) is 17.2 Å². The van der Waals surface area contributed by atoms with E-state index in [0.717, 1.165) is 31.2 Å². The third-order valence-electron chi connectivity index (χ3n) is 6.57. The van der Waals surface area contributed by atoms with Gasteiger partial charge in [0.05, 0.1) is 0 Å². The first-order valence-electron chi connectivity index (χ1n) is 11.7. The summed E-state index contributed by atoms with van der Waals surface area (Å²) >= 11 is 0. The number of benzene rings is 3. The predicted molar refractivity (Wildman–Crippen MR) is 132 cm³/mol. The number of hydrogen-bond donors (Lipinski definition) is 0. The van der Waals surface area contributed by atoms with Crippen molar-refractivity contribution in [3.63, 3.8) is 0 Å². The lowest BCUT2D eigenvalue weighted by molar-refractivity contribution is 0.360. The molecule has 1 nitrogen and oxygen atoms in total. The lowest BCUT2D eigenvalue weighted by Gasteiger charge is -2.27. The van der Waals surface area contributed by atoms with Crippen molar-refractivity contribution in [3.05, 3.63) is 107 Å². The molecule has 0 bridgehead atoms. The molecule has 0 spiro atoms. The molecule has 4 rings (SSSR count). The fourth-order valence-electron chi connectivity index (χ4n) is 4.59. The zero-order valence-corrected chi connectivity index (χ0v) is 19.4. The summed E-state index contributed by atoms with van der Waals surface area (Å²) in [6.07, 6.45) is 8.68. The van der Waals surface area contributed by atoms with Gasteiger partial charge in [0.1, 0.15) is 18.2 Å². The topological polar surface area (TPSA) is 9.23 Å². The zero-order chi connectivity index (χ0) is 24.1. The van der Waals surface area contributed by atoms with Gasteiger partial charge in [0.2, 0.25) is 0 Å². The van der Waals surface area contributed by atoms with Crippen LogP contribution in [0.4, 0.5) is 13.2 Å². The molecule has 0 unspecified atom stereocenters. The van der Waals surface area contributed by atoms with Crippen molar-refractivity contribution < 1.29 is 17.9 Å². The Morgan fingerprint density at radius 1 is 0.912 bits per heavy atom. The average Bonchev–Trinajstić information content (AvgIpc) is 2.85. The van der Waals surface area contributed by atoms with Crippen molar-refractivity contribution in [2.75, 3.05) is 6.61 Å². The summed E-state index contributed by atoms with van der Waals surface area (Å²) in [5.74, 6) is -1.11. The van der Waals surface area contributed by atoms with E-state index in [1.54, 1.807) is 36.4 Å². The Morgan fingerprint density at radius 3 is 2.32 bits per heavy atom. The highest BCUT2D eigenvalue weighted by Gasteiger charge is 2.25. The molecule has 1 saturated carbocycles. The molecule has 1 fully saturated rings. The van der Waals surface area contributed by atoms with Crippen LogP contribution < -0.4 is 4.74 Å². The fraction of sp³-hybridized carbons (Fsp3) is 0.267. The molecule has 4 heteroatoms. The second kappa shape index (κ2) is 10.8. The first-order chi connectivity index (χ1) is 16.5. The van der Waals surface area contributed by atoms with E-state index in [1.807, 2.05) is 37.3 Å². The van der Waals surface area contributed by atoms with Gasteiger partial charge in [-0.2, -0.15) is 0 Å². The molecular weight excluding hydrogens is 433 g/mol. The largest absolute Gasteiger partial charge is 0.489 e. The summed E-state index contributed by atoms with van der Waals surface area (Å²) in [4.78, 5) is 0. The van der Waals surface area contributed by atoms with Crippen LogP contribution in [-0.4, -0.2) is 6.61 Å². The summed E-state index contributed by atoms with van der Waals surface area (Å²) in [6, 6.07) is 15.7. The van der Waals surface area contributed by atoms with E-state index in [2.05, 4.69) is 6.58 Å². The van der Waals surface area contributed by atoms with Gasteiger partial charge in [0.25, 0.3) is 0 Å². The number of halogens is 3. The van der Waals surface area contributed by atoms with Crippen molar-refractivity contribution in [1.29, 1.82) is 0 Å². The molecule has 3 aromatic carbocycles. The summed E-state index contributed by atoms with van der Waals surface area (Å²) in [5.41, 5.74) is 3.00. The van der Waals surface area contributed by atoms with Crippen LogP contribution in [0.1, 0.15) is 48.3 Å². The van der Waals surface area contributed by atoms with Crippen LogP contribution in [0, 0.1) is 30.3 Å². The average molecular weight is 463 g/mol. The van der Waals surface area contributed by atoms with Gasteiger partial charge in [-0.25, -0.2) is 13.2 Å². The van der Waals surface area contributed by atoms with Crippen LogP contribution in [0.15, 0.2) is 73.3 Å². The molecule has 0 aliphatic heterocycles. The number of allylic oxidation sites excluding steroid dienone is 1. The molecular formula is C30H29F3O. The maximum absolute atomic E-state index is 15.0. The molecule has 0 heterocycles. The van der Waals surface area contributed by atoms with Gasteiger partial charge in [-0.1, -0.05) is 66.8 Å². The molecule has 1 aliphatic carbocycles. The highest BCUT2D eigenvalue weighted by molar-refractivity contribution is 5.65. The molecule has 0 N–H and O–H groups in total. The van der Waals surface area contributed by atoms with Gasteiger partial charge in [0.15, 0.2) is 11.6 Å². The molecule has 1 aliphatic rings. The Morgan fingerprint density at radius 2 is 1.65 bits per heavy atom. The number of aryl methyl sites for hydroxylation is 1. The highest BCUT2D eigenvalue weighted by Crippen LogP contribution is 2.39. The van der Waals surface area contributed by atoms with Gasteiger partial charge in [-0.3, -0.25) is 0 Å². The molecule has 0 saturated heterocycles. The third kappa shape index (κ3) is 5.44. The van der Waals surface area contributed by atoms with Gasteiger partial charge >= 0.3 is 0 Å². The number of ether oxygens (including phenoxy) is 1. The summed E-state index contributed by atoms with van der Waals surface area (Å²) in [7, 11) is 0. The maximum atomic E-state index is 15.0.